The average molecular weight is 243 g/mol. The molecule has 0 aromatic heterocycles. The minimum Gasteiger partial charge on any atom is -0.495 e. The van der Waals surface area contributed by atoms with E-state index in [0.29, 0.717) is 17.0 Å². The summed E-state index contributed by atoms with van der Waals surface area (Å²) in [4.78, 5) is 0. The second-order valence-corrected chi connectivity index (χ2v) is 4.95. The van der Waals surface area contributed by atoms with Crippen molar-refractivity contribution >= 4 is 21.5 Å². The molecule has 0 radical (unpaired) electrons. The first-order valence-corrected chi connectivity index (χ1v) is 6.23. The van der Waals surface area contributed by atoms with Crippen LogP contribution in [-0.2, 0) is 10.0 Å². The van der Waals surface area contributed by atoms with Crippen molar-refractivity contribution in [3.63, 3.8) is 0 Å². The monoisotopic (exact) mass is 243 g/mol. The van der Waals surface area contributed by atoms with Crippen molar-refractivity contribution in [1.29, 1.82) is 5.41 Å². The number of rotatable bonds is 4. The zero-order valence-electron chi connectivity index (χ0n) is 8.94. The Labute approximate surface area is 94.0 Å². The number of anilines is 1. The van der Waals surface area contributed by atoms with Gasteiger partial charge >= 0.3 is 0 Å². The Balaban J connectivity index is 3.17. The lowest BCUT2D eigenvalue weighted by molar-refractivity contribution is 0.417. The molecule has 0 saturated heterocycles. The summed E-state index contributed by atoms with van der Waals surface area (Å²) >= 11 is 0. The SMILES string of the molecule is COc1cc(C(=N)N)ccc1NS(C)(=O)=O. The van der Waals surface area contributed by atoms with Crippen LogP contribution in [0.3, 0.4) is 0 Å². The minimum absolute atomic E-state index is 0.107. The van der Waals surface area contributed by atoms with Gasteiger partial charge in [-0.25, -0.2) is 8.42 Å². The topological polar surface area (TPSA) is 105 Å². The van der Waals surface area contributed by atoms with Crippen LogP contribution in [0.15, 0.2) is 18.2 Å². The number of hydrogen-bond donors (Lipinski definition) is 3. The molecule has 1 rings (SSSR count). The summed E-state index contributed by atoms with van der Waals surface area (Å²) in [5.74, 6) is 0.210. The molecule has 0 amide bonds. The Bertz CT molecular complexity index is 511. The molecule has 88 valence electrons. The molecule has 0 saturated carbocycles. The molecule has 0 unspecified atom stereocenters. The zero-order valence-corrected chi connectivity index (χ0v) is 9.76. The van der Waals surface area contributed by atoms with E-state index in [1.807, 2.05) is 0 Å². The molecule has 4 N–H and O–H groups in total. The van der Waals surface area contributed by atoms with Crippen LogP contribution in [0, 0.1) is 5.41 Å². The van der Waals surface area contributed by atoms with E-state index in [9.17, 15) is 8.42 Å². The highest BCUT2D eigenvalue weighted by atomic mass is 32.2. The highest BCUT2D eigenvalue weighted by molar-refractivity contribution is 7.92. The third kappa shape index (κ3) is 3.13. The molecule has 0 spiro atoms. The lowest BCUT2D eigenvalue weighted by Gasteiger charge is -2.10. The molecular formula is C9H13N3O3S. The number of methoxy groups -OCH3 is 1. The first-order chi connectivity index (χ1) is 7.33. The number of amidine groups is 1. The normalized spacial score (nSPS) is 10.9. The van der Waals surface area contributed by atoms with Gasteiger partial charge in [-0.3, -0.25) is 10.1 Å². The Morgan fingerprint density at radius 2 is 2.12 bits per heavy atom. The molecule has 0 aliphatic heterocycles. The summed E-state index contributed by atoms with van der Waals surface area (Å²) in [6, 6.07) is 4.53. The van der Waals surface area contributed by atoms with Gasteiger partial charge in [-0.2, -0.15) is 0 Å². The van der Waals surface area contributed by atoms with Gasteiger partial charge in [-0.05, 0) is 18.2 Å². The number of hydrogen-bond acceptors (Lipinski definition) is 4. The van der Waals surface area contributed by atoms with Gasteiger partial charge in [0.15, 0.2) is 0 Å². The van der Waals surface area contributed by atoms with Crippen molar-refractivity contribution in [2.45, 2.75) is 0 Å². The van der Waals surface area contributed by atoms with E-state index in [2.05, 4.69) is 4.72 Å². The van der Waals surface area contributed by atoms with Crippen LogP contribution in [0.2, 0.25) is 0 Å². The summed E-state index contributed by atoms with van der Waals surface area (Å²) in [7, 11) is -1.95. The smallest absolute Gasteiger partial charge is 0.229 e. The predicted octanol–water partition coefficient (Wildman–Crippen LogP) is 0.351. The second kappa shape index (κ2) is 4.40. The molecule has 6 nitrogen and oxygen atoms in total. The van der Waals surface area contributed by atoms with Crippen molar-refractivity contribution in [2.24, 2.45) is 5.73 Å². The molecule has 0 atom stereocenters. The Morgan fingerprint density at radius 3 is 2.56 bits per heavy atom. The van der Waals surface area contributed by atoms with Crippen LogP contribution in [0.1, 0.15) is 5.56 Å². The van der Waals surface area contributed by atoms with Gasteiger partial charge in [-0.1, -0.05) is 0 Å². The van der Waals surface area contributed by atoms with E-state index in [1.54, 1.807) is 6.07 Å². The van der Waals surface area contributed by atoms with Gasteiger partial charge in [0.2, 0.25) is 10.0 Å². The van der Waals surface area contributed by atoms with E-state index < -0.39 is 10.0 Å². The van der Waals surface area contributed by atoms with Gasteiger partial charge in [0.25, 0.3) is 0 Å². The van der Waals surface area contributed by atoms with E-state index in [1.165, 1.54) is 19.2 Å². The molecule has 0 heterocycles. The van der Waals surface area contributed by atoms with Crippen molar-refractivity contribution in [2.75, 3.05) is 18.1 Å². The van der Waals surface area contributed by atoms with Crippen LogP contribution >= 0.6 is 0 Å². The molecule has 7 heteroatoms. The Kier molecular flexibility index (Phi) is 3.38. The van der Waals surface area contributed by atoms with E-state index in [0.717, 1.165) is 6.26 Å². The summed E-state index contributed by atoms with van der Waals surface area (Å²) < 4.78 is 29.4. The number of sulfonamides is 1. The average Bonchev–Trinajstić information content (AvgIpc) is 2.15. The lowest BCUT2D eigenvalue weighted by Crippen LogP contribution is -2.13. The fourth-order valence-corrected chi connectivity index (χ4v) is 1.71. The molecule has 1 aromatic carbocycles. The van der Waals surface area contributed by atoms with Crippen molar-refractivity contribution in [3.05, 3.63) is 23.8 Å². The van der Waals surface area contributed by atoms with Gasteiger partial charge < -0.3 is 10.5 Å². The highest BCUT2D eigenvalue weighted by Gasteiger charge is 2.09. The second-order valence-electron chi connectivity index (χ2n) is 3.20. The van der Waals surface area contributed by atoms with Crippen LogP contribution in [-0.4, -0.2) is 27.6 Å². The Morgan fingerprint density at radius 1 is 1.50 bits per heavy atom. The molecule has 1 aromatic rings. The molecule has 0 bridgehead atoms. The van der Waals surface area contributed by atoms with E-state index in [-0.39, 0.29) is 5.84 Å². The van der Waals surface area contributed by atoms with Gasteiger partial charge in [0.05, 0.1) is 19.1 Å². The zero-order chi connectivity index (χ0) is 12.3. The fourth-order valence-electron chi connectivity index (χ4n) is 1.14. The first-order valence-electron chi connectivity index (χ1n) is 4.33. The van der Waals surface area contributed by atoms with Gasteiger partial charge in [-0.15, -0.1) is 0 Å². The first kappa shape index (κ1) is 12.3. The van der Waals surface area contributed by atoms with Gasteiger partial charge in [0, 0.05) is 5.56 Å². The van der Waals surface area contributed by atoms with Crippen LogP contribution in [0.25, 0.3) is 0 Å². The quantitative estimate of drug-likeness (QED) is 0.524. The van der Waals surface area contributed by atoms with Crippen molar-refractivity contribution in [1.82, 2.24) is 0 Å². The number of ether oxygens (including phenoxy) is 1. The molecule has 0 fully saturated rings. The molecular weight excluding hydrogens is 230 g/mol. The van der Waals surface area contributed by atoms with Crippen molar-refractivity contribution < 1.29 is 13.2 Å². The van der Waals surface area contributed by atoms with Crippen LogP contribution < -0.4 is 15.2 Å². The van der Waals surface area contributed by atoms with Crippen LogP contribution in [0.5, 0.6) is 5.75 Å². The third-order valence-corrected chi connectivity index (χ3v) is 2.40. The van der Waals surface area contributed by atoms with E-state index >= 15 is 0 Å². The Hall–Kier alpha value is -1.76. The summed E-state index contributed by atoms with van der Waals surface area (Å²) in [5.41, 5.74) is 6.09. The van der Waals surface area contributed by atoms with E-state index in [4.69, 9.17) is 15.9 Å². The number of nitrogens with one attached hydrogen (secondary N) is 2. The van der Waals surface area contributed by atoms with Crippen LogP contribution in [0.4, 0.5) is 5.69 Å². The minimum atomic E-state index is -3.36. The standard InChI is InChI=1S/C9H13N3O3S/c1-15-8-5-6(9(10)11)3-4-7(8)12-16(2,13)14/h3-5,12H,1-2H3,(H3,10,11). The number of nitrogen functional groups attached to an aromatic ring is 1. The summed E-state index contributed by atoms with van der Waals surface area (Å²) in [6.45, 7) is 0. The molecule has 0 aliphatic rings. The number of benzene rings is 1. The maximum Gasteiger partial charge on any atom is 0.229 e. The summed E-state index contributed by atoms with van der Waals surface area (Å²) in [5, 5.41) is 7.24. The largest absolute Gasteiger partial charge is 0.495 e. The third-order valence-electron chi connectivity index (χ3n) is 1.81. The fraction of sp³-hybridized carbons (Fsp3) is 0.222. The number of nitrogens with two attached hydrogens (primary N) is 1. The molecule has 16 heavy (non-hydrogen) atoms. The van der Waals surface area contributed by atoms with Crippen molar-refractivity contribution in [3.8, 4) is 5.75 Å². The summed E-state index contributed by atoms with van der Waals surface area (Å²) in [6.07, 6.45) is 1.05. The molecule has 0 aliphatic carbocycles. The maximum absolute atomic E-state index is 11.1. The highest BCUT2D eigenvalue weighted by Crippen LogP contribution is 2.26. The van der Waals surface area contributed by atoms with Gasteiger partial charge in [0.1, 0.15) is 11.6 Å². The lowest BCUT2D eigenvalue weighted by atomic mass is 10.2. The maximum atomic E-state index is 11.1. The predicted molar refractivity (Wildman–Crippen MR) is 62.5 cm³/mol.